The molecule has 0 bridgehead atoms. The van der Waals surface area contributed by atoms with Gasteiger partial charge >= 0.3 is 0 Å². The maximum Gasteiger partial charge on any atom is 0.0775 e. The summed E-state index contributed by atoms with van der Waals surface area (Å²) >= 11 is 0. The first-order valence-corrected chi connectivity index (χ1v) is 11.7. The normalized spacial score (nSPS) is 24.1. The maximum absolute atomic E-state index is 2.57. The van der Waals surface area contributed by atoms with E-state index in [2.05, 4.69) is 62.8 Å². The van der Waals surface area contributed by atoms with Gasteiger partial charge in [-0.1, -0.05) is 68.9 Å². The van der Waals surface area contributed by atoms with E-state index in [-0.39, 0.29) is 0 Å². The summed E-state index contributed by atoms with van der Waals surface area (Å²) in [5.41, 5.74) is 1.47. The molecule has 2 unspecified atom stereocenters. The number of benzene rings is 1. The second-order valence-corrected chi connectivity index (χ2v) is 12.9. The van der Waals surface area contributed by atoms with Crippen molar-refractivity contribution >= 4 is 13.3 Å². The van der Waals surface area contributed by atoms with Crippen molar-refractivity contribution in [1.29, 1.82) is 0 Å². The third-order valence-corrected chi connectivity index (χ3v) is 6.85. The van der Waals surface area contributed by atoms with Gasteiger partial charge in [-0.3, -0.25) is 4.90 Å². The summed E-state index contributed by atoms with van der Waals surface area (Å²) in [6.07, 6.45) is 5.59. The Labute approximate surface area is 126 Å². The number of hydrogen-bond acceptors (Lipinski definition) is 1. The molecule has 1 aliphatic carbocycles. The number of nitrogens with zero attached hydrogens (tertiary/aromatic N) is 1. The zero-order valence-corrected chi connectivity index (χ0v) is 14.9. The molecule has 1 fully saturated rings. The Balaban J connectivity index is 1.95. The van der Waals surface area contributed by atoms with Gasteiger partial charge in [0.1, 0.15) is 0 Å². The SMILES string of the molecule is CC1CCCC(N(C)Cc2ccc([Si](C)(C)C)cc2)C1. The van der Waals surface area contributed by atoms with Crippen LogP contribution in [0.25, 0.3) is 0 Å². The fraction of sp³-hybridized carbons (Fsp3) is 0.667. The Morgan fingerprint density at radius 2 is 1.75 bits per heavy atom. The molecule has 0 saturated heterocycles. The van der Waals surface area contributed by atoms with Gasteiger partial charge < -0.3 is 0 Å². The largest absolute Gasteiger partial charge is 0.299 e. The molecule has 0 N–H and O–H groups in total. The molecule has 1 nitrogen and oxygen atoms in total. The summed E-state index contributed by atoms with van der Waals surface area (Å²) in [6.45, 7) is 10.7. The fourth-order valence-electron chi connectivity index (χ4n) is 3.33. The average Bonchev–Trinajstić information content (AvgIpc) is 2.38. The monoisotopic (exact) mass is 289 g/mol. The second-order valence-electron chi connectivity index (χ2n) is 7.79. The minimum absolute atomic E-state index is 0.787. The summed E-state index contributed by atoms with van der Waals surface area (Å²) in [5, 5.41) is 1.56. The average molecular weight is 290 g/mol. The molecule has 1 aromatic rings. The topological polar surface area (TPSA) is 3.24 Å². The van der Waals surface area contributed by atoms with Gasteiger partial charge in [0.05, 0.1) is 8.07 Å². The van der Waals surface area contributed by atoms with Gasteiger partial charge in [-0.05, 0) is 31.4 Å². The zero-order valence-electron chi connectivity index (χ0n) is 13.9. The molecule has 0 aliphatic heterocycles. The van der Waals surface area contributed by atoms with Crippen LogP contribution in [0.15, 0.2) is 24.3 Å². The fourth-order valence-corrected chi connectivity index (χ4v) is 4.50. The predicted octanol–water partition coefficient (Wildman–Crippen LogP) is 4.24. The van der Waals surface area contributed by atoms with Crippen LogP contribution in [0, 0.1) is 5.92 Å². The third-order valence-electron chi connectivity index (χ3n) is 4.78. The number of hydrogen-bond donors (Lipinski definition) is 0. The standard InChI is InChI=1S/C18H31NSi/c1-15-7-6-8-17(13-15)19(2)14-16-9-11-18(12-10-16)20(3,4)5/h9-12,15,17H,6-8,13-14H2,1-5H3. The van der Waals surface area contributed by atoms with Gasteiger partial charge in [0.2, 0.25) is 0 Å². The van der Waals surface area contributed by atoms with Crippen LogP contribution in [-0.2, 0) is 6.54 Å². The van der Waals surface area contributed by atoms with Crippen LogP contribution in [0.4, 0.5) is 0 Å². The van der Waals surface area contributed by atoms with Gasteiger partial charge in [0.25, 0.3) is 0 Å². The lowest BCUT2D eigenvalue weighted by Gasteiger charge is -2.34. The van der Waals surface area contributed by atoms with Crippen molar-refractivity contribution in [2.75, 3.05) is 7.05 Å². The summed E-state index contributed by atoms with van der Waals surface area (Å²) in [4.78, 5) is 2.57. The molecule has 0 heterocycles. The maximum atomic E-state index is 2.57. The van der Waals surface area contributed by atoms with E-state index in [1.807, 2.05) is 0 Å². The van der Waals surface area contributed by atoms with Crippen molar-refractivity contribution in [3.63, 3.8) is 0 Å². The van der Waals surface area contributed by atoms with E-state index in [1.165, 1.54) is 31.2 Å². The van der Waals surface area contributed by atoms with Gasteiger partial charge in [-0.15, -0.1) is 0 Å². The molecule has 1 saturated carbocycles. The smallest absolute Gasteiger partial charge is 0.0775 e. The van der Waals surface area contributed by atoms with Crippen molar-refractivity contribution in [1.82, 2.24) is 4.90 Å². The zero-order chi connectivity index (χ0) is 14.8. The van der Waals surface area contributed by atoms with Crippen molar-refractivity contribution in [3.8, 4) is 0 Å². The number of rotatable bonds is 4. The van der Waals surface area contributed by atoms with E-state index < -0.39 is 8.07 Å². The molecule has 0 aromatic heterocycles. The first-order valence-electron chi connectivity index (χ1n) is 8.16. The summed E-state index contributed by atoms with van der Waals surface area (Å²) in [7, 11) is 1.15. The lowest BCUT2D eigenvalue weighted by molar-refractivity contribution is 0.158. The molecule has 1 aliphatic rings. The highest BCUT2D eigenvalue weighted by Crippen LogP contribution is 2.27. The van der Waals surface area contributed by atoms with Gasteiger partial charge in [-0.25, -0.2) is 0 Å². The van der Waals surface area contributed by atoms with Crippen LogP contribution in [-0.4, -0.2) is 26.1 Å². The highest BCUT2D eigenvalue weighted by atomic mass is 28.3. The highest BCUT2D eigenvalue weighted by Gasteiger charge is 2.22. The summed E-state index contributed by atoms with van der Waals surface area (Å²) < 4.78 is 0. The third kappa shape index (κ3) is 4.19. The van der Waals surface area contributed by atoms with Crippen molar-refractivity contribution < 1.29 is 0 Å². The van der Waals surface area contributed by atoms with Crippen LogP contribution in [0.2, 0.25) is 19.6 Å². The van der Waals surface area contributed by atoms with Gasteiger partial charge in [0.15, 0.2) is 0 Å². The van der Waals surface area contributed by atoms with E-state index in [0.717, 1.165) is 18.5 Å². The first kappa shape index (κ1) is 15.8. The molecular formula is C18H31NSi. The van der Waals surface area contributed by atoms with E-state index in [9.17, 15) is 0 Å². The van der Waals surface area contributed by atoms with Gasteiger partial charge in [0, 0.05) is 12.6 Å². The Hall–Kier alpha value is -0.603. The Morgan fingerprint density at radius 3 is 2.30 bits per heavy atom. The van der Waals surface area contributed by atoms with E-state index in [0.29, 0.717) is 0 Å². The van der Waals surface area contributed by atoms with Crippen LogP contribution in [0.1, 0.15) is 38.2 Å². The second kappa shape index (κ2) is 6.44. The van der Waals surface area contributed by atoms with Crippen LogP contribution >= 0.6 is 0 Å². The summed E-state index contributed by atoms with van der Waals surface area (Å²) in [6, 6.07) is 10.2. The van der Waals surface area contributed by atoms with Crippen molar-refractivity contribution in [3.05, 3.63) is 29.8 Å². The van der Waals surface area contributed by atoms with E-state index in [1.54, 1.807) is 5.19 Å². The molecule has 1 aromatic carbocycles. The Bertz CT molecular complexity index is 418. The molecule has 0 amide bonds. The first-order chi connectivity index (χ1) is 9.36. The molecule has 20 heavy (non-hydrogen) atoms. The molecule has 2 heteroatoms. The Morgan fingerprint density at radius 1 is 1.10 bits per heavy atom. The van der Waals surface area contributed by atoms with E-state index >= 15 is 0 Å². The van der Waals surface area contributed by atoms with Crippen molar-refractivity contribution in [2.45, 2.75) is 64.8 Å². The minimum Gasteiger partial charge on any atom is -0.299 e. The summed E-state index contributed by atoms with van der Waals surface area (Å²) in [5.74, 6) is 0.908. The molecule has 0 radical (unpaired) electrons. The molecule has 2 atom stereocenters. The van der Waals surface area contributed by atoms with Crippen LogP contribution < -0.4 is 5.19 Å². The van der Waals surface area contributed by atoms with Crippen LogP contribution in [0.3, 0.4) is 0 Å². The lowest BCUT2D eigenvalue weighted by Crippen LogP contribution is -2.37. The molecule has 0 spiro atoms. The van der Waals surface area contributed by atoms with E-state index in [4.69, 9.17) is 0 Å². The molecule has 2 rings (SSSR count). The quantitative estimate of drug-likeness (QED) is 0.749. The predicted molar refractivity (Wildman–Crippen MR) is 92.3 cm³/mol. The molecule has 112 valence electrons. The van der Waals surface area contributed by atoms with Crippen LogP contribution in [0.5, 0.6) is 0 Å². The molecular weight excluding hydrogens is 258 g/mol. The Kier molecular flexibility index (Phi) is 5.08. The lowest BCUT2D eigenvalue weighted by atomic mass is 9.86. The highest BCUT2D eigenvalue weighted by molar-refractivity contribution is 6.88. The minimum atomic E-state index is -1.15. The van der Waals surface area contributed by atoms with Gasteiger partial charge in [-0.2, -0.15) is 0 Å². The van der Waals surface area contributed by atoms with Crippen molar-refractivity contribution in [2.24, 2.45) is 5.92 Å².